The van der Waals surface area contributed by atoms with E-state index in [4.69, 9.17) is 5.73 Å². The summed E-state index contributed by atoms with van der Waals surface area (Å²) in [6.07, 6.45) is 1.50. The summed E-state index contributed by atoms with van der Waals surface area (Å²) in [5, 5.41) is 2.62. The number of carbonyl (C=O) groups excluding carboxylic acids is 1. The van der Waals surface area contributed by atoms with E-state index >= 15 is 0 Å². The first-order valence-corrected chi connectivity index (χ1v) is 7.57. The molecule has 1 heterocycles. The molecule has 2 rings (SSSR count). The number of amides is 1. The molecule has 0 aromatic heterocycles. The highest BCUT2D eigenvalue weighted by Gasteiger charge is 2.25. The molecule has 0 saturated carbocycles. The number of para-hydroxylation sites is 1. The minimum Gasteiger partial charge on any atom is -0.330 e. The van der Waals surface area contributed by atoms with Gasteiger partial charge < -0.3 is 16.0 Å². The molecule has 116 valence electrons. The molecule has 5 heteroatoms. The molecule has 1 fully saturated rings. The summed E-state index contributed by atoms with van der Waals surface area (Å²) in [6, 6.07) is 6.22. The third kappa shape index (κ3) is 4.51. The van der Waals surface area contributed by atoms with Crippen molar-refractivity contribution in [3.05, 3.63) is 30.1 Å². The van der Waals surface area contributed by atoms with E-state index < -0.39 is 5.82 Å². The average molecular weight is 293 g/mol. The Morgan fingerprint density at radius 3 is 2.95 bits per heavy atom. The second-order valence-electron chi connectivity index (χ2n) is 5.84. The zero-order chi connectivity index (χ0) is 15.2. The van der Waals surface area contributed by atoms with Crippen molar-refractivity contribution in [1.82, 2.24) is 4.90 Å². The number of anilines is 1. The van der Waals surface area contributed by atoms with Crippen LogP contribution in [0.4, 0.5) is 10.1 Å². The molecule has 1 aliphatic heterocycles. The van der Waals surface area contributed by atoms with Crippen LogP contribution in [0.5, 0.6) is 0 Å². The van der Waals surface area contributed by atoms with E-state index in [1.54, 1.807) is 18.2 Å². The van der Waals surface area contributed by atoms with Crippen LogP contribution in [-0.4, -0.2) is 37.0 Å². The minimum absolute atomic E-state index is 0.150. The fraction of sp³-hybridized carbons (Fsp3) is 0.562. The highest BCUT2D eigenvalue weighted by molar-refractivity contribution is 5.90. The normalized spacial score (nSPS) is 23.0. The highest BCUT2D eigenvalue weighted by atomic mass is 19.1. The lowest BCUT2D eigenvalue weighted by Crippen LogP contribution is -2.43. The molecule has 1 amide bonds. The maximum atomic E-state index is 13.4. The Labute approximate surface area is 125 Å². The third-order valence-electron chi connectivity index (χ3n) is 4.30. The van der Waals surface area contributed by atoms with E-state index in [1.165, 1.54) is 6.07 Å². The fourth-order valence-corrected chi connectivity index (χ4v) is 2.77. The number of carbonyl (C=O) groups is 1. The quantitative estimate of drug-likeness (QED) is 0.874. The van der Waals surface area contributed by atoms with E-state index in [1.807, 2.05) is 0 Å². The van der Waals surface area contributed by atoms with Crippen molar-refractivity contribution >= 4 is 11.6 Å². The molecule has 0 radical (unpaired) electrons. The molecule has 1 saturated heterocycles. The number of rotatable bonds is 5. The number of nitrogens with two attached hydrogens (primary N) is 1. The summed E-state index contributed by atoms with van der Waals surface area (Å²) >= 11 is 0. The van der Waals surface area contributed by atoms with E-state index in [-0.39, 0.29) is 11.6 Å². The highest BCUT2D eigenvalue weighted by Crippen LogP contribution is 2.22. The molecule has 0 bridgehead atoms. The Kier molecular flexibility index (Phi) is 5.70. The zero-order valence-corrected chi connectivity index (χ0v) is 12.5. The lowest BCUT2D eigenvalue weighted by molar-refractivity contribution is -0.116. The van der Waals surface area contributed by atoms with Gasteiger partial charge in [0.25, 0.3) is 0 Å². The molecule has 2 atom stereocenters. The first-order chi connectivity index (χ1) is 10.1. The number of hydrogen-bond acceptors (Lipinski definition) is 3. The number of piperidine rings is 1. The number of nitrogens with zero attached hydrogens (tertiary/aromatic N) is 1. The van der Waals surface area contributed by atoms with E-state index in [0.29, 0.717) is 31.3 Å². The van der Waals surface area contributed by atoms with Gasteiger partial charge in [0.15, 0.2) is 0 Å². The van der Waals surface area contributed by atoms with Crippen LogP contribution in [0, 0.1) is 17.7 Å². The number of likely N-dealkylation sites (tertiary alicyclic amines) is 1. The molecule has 3 N–H and O–H groups in total. The molecule has 1 aromatic rings. The van der Waals surface area contributed by atoms with E-state index in [0.717, 1.165) is 19.5 Å². The van der Waals surface area contributed by atoms with Crippen molar-refractivity contribution in [3.8, 4) is 0 Å². The molecular weight excluding hydrogens is 269 g/mol. The van der Waals surface area contributed by atoms with Gasteiger partial charge in [0.1, 0.15) is 5.82 Å². The van der Waals surface area contributed by atoms with Gasteiger partial charge >= 0.3 is 0 Å². The van der Waals surface area contributed by atoms with Gasteiger partial charge in [-0.15, -0.1) is 0 Å². The van der Waals surface area contributed by atoms with Crippen LogP contribution in [0.1, 0.15) is 19.8 Å². The summed E-state index contributed by atoms with van der Waals surface area (Å²) in [5.74, 6) is 0.607. The molecule has 0 spiro atoms. The molecule has 1 aromatic carbocycles. The monoisotopic (exact) mass is 293 g/mol. The Morgan fingerprint density at radius 1 is 1.48 bits per heavy atom. The van der Waals surface area contributed by atoms with E-state index in [2.05, 4.69) is 17.1 Å². The van der Waals surface area contributed by atoms with E-state index in [9.17, 15) is 9.18 Å². The number of benzene rings is 1. The lowest BCUT2D eigenvalue weighted by Gasteiger charge is -2.36. The fourth-order valence-electron chi connectivity index (χ4n) is 2.77. The van der Waals surface area contributed by atoms with Crippen molar-refractivity contribution < 1.29 is 9.18 Å². The molecule has 1 aliphatic rings. The predicted molar refractivity (Wildman–Crippen MR) is 82.4 cm³/mol. The summed E-state index contributed by atoms with van der Waals surface area (Å²) in [7, 11) is 0. The summed E-state index contributed by atoms with van der Waals surface area (Å²) in [6.45, 7) is 5.58. The lowest BCUT2D eigenvalue weighted by atomic mass is 9.87. The Hall–Kier alpha value is -1.46. The van der Waals surface area contributed by atoms with Crippen molar-refractivity contribution in [2.75, 3.05) is 31.5 Å². The van der Waals surface area contributed by atoms with Crippen molar-refractivity contribution in [1.29, 1.82) is 0 Å². The van der Waals surface area contributed by atoms with Gasteiger partial charge in [-0.3, -0.25) is 4.79 Å². The molecule has 0 aliphatic carbocycles. The maximum Gasteiger partial charge on any atom is 0.225 e. The zero-order valence-electron chi connectivity index (χ0n) is 12.5. The molecule has 4 nitrogen and oxygen atoms in total. The van der Waals surface area contributed by atoms with Crippen LogP contribution >= 0.6 is 0 Å². The van der Waals surface area contributed by atoms with Gasteiger partial charge in [0.05, 0.1) is 5.69 Å². The Balaban J connectivity index is 1.78. The van der Waals surface area contributed by atoms with Gasteiger partial charge in [-0.25, -0.2) is 4.39 Å². The first kappa shape index (κ1) is 15.9. The second kappa shape index (κ2) is 7.52. The van der Waals surface area contributed by atoms with Crippen LogP contribution in [0.3, 0.4) is 0 Å². The smallest absolute Gasteiger partial charge is 0.225 e. The first-order valence-electron chi connectivity index (χ1n) is 7.57. The molecule has 2 unspecified atom stereocenters. The summed E-state index contributed by atoms with van der Waals surface area (Å²) in [5.41, 5.74) is 6.03. The van der Waals surface area contributed by atoms with Crippen molar-refractivity contribution in [2.45, 2.75) is 19.8 Å². The van der Waals surface area contributed by atoms with Gasteiger partial charge in [-0.2, -0.15) is 0 Å². The van der Waals surface area contributed by atoms with Gasteiger partial charge in [0, 0.05) is 19.5 Å². The number of nitrogens with one attached hydrogen (secondary N) is 1. The van der Waals surface area contributed by atoms with Crippen LogP contribution in [0.25, 0.3) is 0 Å². The largest absolute Gasteiger partial charge is 0.330 e. The van der Waals surface area contributed by atoms with Crippen molar-refractivity contribution in [3.63, 3.8) is 0 Å². The molecule has 21 heavy (non-hydrogen) atoms. The van der Waals surface area contributed by atoms with Crippen molar-refractivity contribution in [2.24, 2.45) is 17.6 Å². The maximum absolute atomic E-state index is 13.4. The van der Waals surface area contributed by atoms with Gasteiger partial charge in [-0.05, 0) is 43.5 Å². The standard InChI is InChI=1S/C16H24FN3O/c1-12-6-8-20(11-13(12)10-18)9-7-16(21)19-15-5-3-2-4-14(15)17/h2-5,12-13H,6-11,18H2,1H3,(H,19,21). The average Bonchev–Trinajstić information content (AvgIpc) is 2.49. The number of halogens is 1. The molecular formula is C16H24FN3O. The minimum atomic E-state index is -0.402. The predicted octanol–water partition coefficient (Wildman–Crippen LogP) is 2.07. The summed E-state index contributed by atoms with van der Waals surface area (Å²) in [4.78, 5) is 14.2. The van der Waals surface area contributed by atoms with Gasteiger partial charge in [-0.1, -0.05) is 19.1 Å². The van der Waals surface area contributed by atoms with Crippen LogP contribution in [0.15, 0.2) is 24.3 Å². The van der Waals surface area contributed by atoms with Crippen LogP contribution < -0.4 is 11.1 Å². The Bertz CT molecular complexity index is 480. The Morgan fingerprint density at radius 2 is 2.24 bits per heavy atom. The van der Waals surface area contributed by atoms with Gasteiger partial charge in [0.2, 0.25) is 5.91 Å². The second-order valence-corrected chi connectivity index (χ2v) is 5.84. The van der Waals surface area contributed by atoms with Crippen LogP contribution in [-0.2, 0) is 4.79 Å². The number of hydrogen-bond donors (Lipinski definition) is 2. The summed E-state index contributed by atoms with van der Waals surface area (Å²) < 4.78 is 13.4. The third-order valence-corrected chi connectivity index (χ3v) is 4.30. The SMILES string of the molecule is CC1CCN(CCC(=O)Nc2ccccc2F)CC1CN. The topological polar surface area (TPSA) is 58.4 Å². The van der Waals surface area contributed by atoms with Crippen LogP contribution in [0.2, 0.25) is 0 Å².